The van der Waals surface area contributed by atoms with Crippen molar-refractivity contribution in [3.63, 3.8) is 0 Å². The predicted molar refractivity (Wildman–Crippen MR) is 69.4 cm³/mol. The number of nitriles is 1. The Hall–Kier alpha value is -1.01. The van der Waals surface area contributed by atoms with Gasteiger partial charge in [0.2, 0.25) is 0 Å². The van der Waals surface area contributed by atoms with Crippen molar-refractivity contribution in [2.45, 2.75) is 38.1 Å². The summed E-state index contributed by atoms with van der Waals surface area (Å²) in [6.07, 6.45) is 6.39. The molecule has 84 valence electrons. The van der Waals surface area contributed by atoms with E-state index < -0.39 is 0 Å². The van der Waals surface area contributed by atoms with E-state index >= 15 is 0 Å². The van der Waals surface area contributed by atoms with E-state index in [1.54, 1.807) is 0 Å². The Balaban J connectivity index is 2.14. The molecule has 0 spiro atoms. The van der Waals surface area contributed by atoms with Gasteiger partial charge in [-0.25, -0.2) is 0 Å². The molecule has 0 radical (unpaired) electrons. The van der Waals surface area contributed by atoms with Gasteiger partial charge in [-0.3, -0.25) is 0 Å². The monoisotopic (exact) mass is 278 g/mol. The van der Waals surface area contributed by atoms with E-state index in [0.29, 0.717) is 11.6 Å². The third-order valence-corrected chi connectivity index (χ3v) is 3.75. The summed E-state index contributed by atoms with van der Waals surface area (Å²) in [6, 6.07) is 8.64. The lowest BCUT2D eigenvalue weighted by molar-refractivity contribution is 0.462. The second-order valence-corrected chi connectivity index (χ2v) is 5.11. The number of halogens is 1. The first-order valence-corrected chi connectivity index (χ1v) is 6.55. The van der Waals surface area contributed by atoms with Crippen molar-refractivity contribution in [3.05, 3.63) is 28.2 Å². The maximum absolute atomic E-state index is 9.11. The summed E-state index contributed by atoms with van der Waals surface area (Å²) in [5.74, 6) is 0. The highest BCUT2D eigenvalue weighted by Gasteiger charge is 2.15. The summed E-state index contributed by atoms with van der Waals surface area (Å²) < 4.78 is 0.871. The van der Waals surface area contributed by atoms with Crippen molar-refractivity contribution in [1.29, 1.82) is 5.26 Å². The van der Waals surface area contributed by atoms with Crippen LogP contribution in [0.2, 0.25) is 0 Å². The molecule has 1 aromatic rings. The van der Waals surface area contributed by atoms with E-state index in [9.17, 15) is 0 Å². The SMILES string of the molecule is N#Cc1c(Br)cccc1NC1CCCCC1. The largest absolute Gasteiger partial charge is 0.381 e. The molecule has 0 bridgehead atoms. The average Bonchev–Trinajstić information content (AvgIpc) is 2.31. The van der Waals surface area contributed by atoms with E-state index in [0.717, 1.165) is 10.2 Å². The Morgan fingerprint density at radius 1 is 1.25 bits per heavy atom. The zero-order valence-corrected chi connectivity index (χ0v) is 10.8. The van der Waals surface area contributed by atoms with Crippen molar-refractivity contribution in [1.82, 2.24) is 0 Å². The van der Waals surface area contributed by atoms with Crippen LogP contribution in [0.1, 0.15) is 37.7 Å². The minimum Gasteiger partial charge on any atom is -0.381 e. The van der Waals surface area contributed by atoms with Gasteiger partial charge in [0.25, 0.3) is 0 Å². The first kappa shape index (κ1) is 11.5. The third-order valence-electron chi connectivity index (χ3n) is 3.09. The van der Waals surface area contributed by atoms with E-state index in [2.05, 4.69) is 27.3 Å². The van der Waals surface area contributed by atoms with Crippen LogP contribution in [0, 0.1) is 11.3 Å². The number of hydrogen-bond acceptors (Lipinski definition) is 2. The molecular weight excluding hydrogens is 264 g/mol. The highest BCUT2D eigenvalue weighted by Crippen LogP contribution is 2.27. The molecule has 1 fully saturated rings. The molecule has 0 unspecified atom stereocenters. The molecule has 3 heteroatoms. The molecule has 0 amide bonds. The van der Waals surface area contributed by atoms with Crippen LogP contribution < -0.4 is 5.32 Å². The van der Waals surface area contributed by atoms with Crippen LogP contribution in [0.5, 0.6) is 0 Å². The van der Waals surface area contributed by atoms with Crippen molar-refractivity contribution in [2.24, 2.45) is 0 Å². The molecule has 0 aliphatic heterocycles. The van der Waals surface area contributed by atoms with Gasteiger partial charge in [0, 0.05) is 10.5 Å². The molecule has 1 N–H and O–H groups in total. The molecule has 0 saturated heterocycles. The van der Waals surface area contributed by atoms with Gasteiger partial charge in [0.05, 0.1) is 11.3 Å². The van der Waals surface area contributed by atoms with E-state index in [1.165, 1.54) is 32.1 Å². The molecule has 2 rings (SSSR count). The molecule has 1 saturated carbocycles. The van der Waals surface area contributed by atoms with Gasteiger partial charge < -0.3 is 5.32 Å². The Morgan fingerprint density at radius 3 is 2.69 bits per heavy atom. The summed E-state index contributed by atoms with van der Waals surface area (Å²) in [4.78, 5) is 0. The fourth-order valence-electron chi connectivity index (χ4n) is 2.22. The van der Waals surface area contributed by atoms with E-state index in [1.807, 2.05) is 18.2 Å². The zero-order valence-electron chi connectivity index (χ0n) is 9.17. The number of benzene rings is 1. The number of nitrogens with zero attached hydrogens (tertiary/aromatic N) is 1. The fourth-order valence-corrected chi connectivity index (χ4v) is 2.68. The predicted octanol–water partition coefficient (Wildman–Crippen LogP) is 4.07. The maximum atomic E-state index is 9.11. The molecule has 16 heavy (non-hydrogen) atoms. The lowest BCUT2D eigenvalue weighted by Gasteiger charge is -2.24. The first-order chi connectivity index (χ1) is 7.81. The van der Waals surface area contributed by atoms with Crippen LogP contribution in [0.4, 0.5) is 5.69 Å². The van der Waals surface area contributed by atoms with E-state index in [-0.39, 0.29) is 0 Å². The lowest BCUT2D eigenvalue weighted by Crippen LogP contribution is -2.22. The Kier molecular flexibility index (Phi) is 3.84. The molecular formula is C13H15BrN2. The normalized spacial score (nSPS) is 16.8. The molecule has 0 aromatic heterocycles. The maximum Gasteiger partial charge on any atom is 0.103 e. The molecule has 0 atom stereocenters. The third kappa shape index (κ3) is 2.56. The van der Waals surface area contributed by atoms with Gasteiger partial charge in [0.1, 0.15) is 6.07 Å². The van der Waals surface area contributed by atoms with Gasteiger partial charge in [-0.2, -0.15) is 5.26 Å². The van der Waals surface area contributed by atoms with Crippen molar-refractivity contribution < 1.29 is 0 Å². The van der Waals surface area contributed by atoms with Gasteiger partial charge in [-0.1, -0.05) is 25.3 Å². The van der Waals surface area contributed by atoms with Gasteiger partial charge >= 0.3 is 0 Å². The smallest absolute Gasteiger partial charge is 0.103 e. The Labute approximate surface area is 105 Å². The minimum atomic E-state index is 0.537. The van der Waals surface area contributed by atoms with Crippen LogP contribution in [-0.2, 0) is 0 Å². The summed E-state index contributed by atoms with van der Waals surface area (Å²) >= 11 is 3.41. The van der Waals surface area contributed by atoms with Crippen molar-refractivity contribution >= 4 is 21.6 Å². The van der Waals surface area contributed by atoms with Crippen LogP contribution in [0.3, 0.4) is 0 Å². The number of anilines is 1. The van der Waals surface area contributed by atoms with Crippen LogP contribution in [0.25, 0.3) is 0 Å². The fraction of sp³-hybridized carbons (Fsp3) is 0.462. The van der Waals surface area contributed by atoms with Crippen molar-refractivity contribution in [3.8, 4) is 6.07 Å². The van der Waals surface area contributed by atoms with Crippen LogP contribution in [0.15, 0.2) is 22.7 Å². The average molecular weight is 279 g/mol. The van der Waals surface area contributed by atoms with E-state index in [4.69, 9.17) is 5.26 Å². The van der Waals surface area contributed by atoms with Gasteiger partial charge in [-0.05, 0) is 40.9 Å². The standard InChI is InChI=1S/C13H15BrN2/c14-12-7-4-8-13(11(12)9-15)16-10-5-2-1-3-6-10/h4,7-8,10,16H,1-3,5-6H2. The number of rotatable bonds is 2. The number of hydrogen-bond donors (Lipinski definition) is 1. The summed E-state index contributed by atoms with van der Waals surface area (Å²) in [5, 5.41) is 12.6. The minimum absolute atomic E-state index is 0.537. The molecule has 1 aliphatic carbocycles. The summed E-state index contributed by atoms with van der Waals surface area (Å²) in [5.41, 5.74) is 1.68. The second kappa shape index (κ2) is 5.36. The molecule has 1 aliphatic rings. The quantitative estimate of drug-likeness (QED) is 0.885. The van der Waals surface area contributed by atoms with Crippen LogP contribution in [-0.4, -0.2) is 6.04 Å². The van der Waals surface area contributed by atoms with Crippen LogP contribution >= 0.6 is 15.9 Å². The Bertz CT molecular complexity index is 403. The molecule has 2 nitrogen and oxygen atoms in total. The Morgan fingerprint density at radius 2 is 2.00 bits per heavy atom. The molecule has 1 aromatic carbocycles. The zero-order chi connectivity index (χ0) is 11.4. The first-order valence-electron chi connectivity index (χ1n) is 5.76. The summed E-state index contributed by atoms with van der Waals surface area (Å²) in [7, 11) is 0. The summed E-state index contributed by atoms with van der Waals surface area (Å²) in [6.45, 7) is 0. The second-order valence-electron chi connectivity index (χ2n) is 4.25. The highest BCUT2D eigenvalue weighted by atomic mass is 79.9. The highest BCUT2D eigenvalue weighted by molar-refractivity contribution is 9.10. The molecule has 0 heterocycles. The topological polar surface area (TPSA) is 35.8 Å². The van der Waals surface area contributed by atoms with Crippen molar-refractivity contribution in [2.75, 3.05) is 5.32 Å². The van der Waals surface area contributed by atoms with Gasteiger partial charge in [0.15, 0.2) is 0 Å². The number of nitrogens with one attached hydrogen (secondary N) is 1. The lowest BCUT2D eigenvalue weighted by atomic mass is 9.95. The van der Waals surface area contributed by atoms with Gasteiger partial charge in [-0.15, -0.1) is 0 Å².